The topological polar surface area (TPSA) is 67.2 Å². The van der Waals surface area contributed by atoms with E-state index >= 15 is 0 Å². The summed E-state index contributed by atoms with van der Waals surface area (Å²) in [6, 6.07) is 6.00. The number of amides is 1. The van der Waals surface area contributed by atoms with E-state index in [2.05, 4.69) is 10.4 Å². The Morgan fingerprint density at radius 1 is 1.36 bits per heavy atom. The molecule has 25 heavy (non-hydrogen) atoms. The molecular weight excluding hydrogens is 321 g/mol. The number of nitrogens with zero attached hydrogens (tertiary/aromatic N) is 2. The van der Waals surface area contributed by atoms with E-state index in [0.29, 0.717) is 17.2 Å². The summed E-state index contributed by atoms with van der Waals surface area (Å²) in [5.74, 6) is -0.623. The molecule has 1 fully saturated rings. The smallest absolute Gasteiger partial charge is 0.254 e. The molecule has 1 amide bonds. The number of carbonyl (C=O) groups excluding carboxylic acids is 1. The van der Waals surface area contributed by atoms with Crippen LogP contribution in [0, 0.1) is 12.7 Å². The largest absolute Gasteiger partial charge is 0.384 e. The first-order chi connectivity index (χ1) is 11.9. The molecule has 134 valence electrons. The van der Waals surface area contributed by atoms with Gasteiger partial charge in [0.2, 0.25) is 0 Å². The Hall–Kier alpha value is -2.21. The van der Waals surface area contributed by atoms with Gasteiger partial charge in [0.15, 0.2) is 0 Å². The fraction of sp³-hybridized carbons (Fsp3) is 0.474. The molecule has 0 aliphatic heterocycles. The zero-order chi connectivity index (χ0) is 18.0. The molecule has 1 saturated carbocycles. The van der Waals surface area contributed by atoms with Crippen molar-refractivity contribution in [3.8, 4) is 0 Å². The van der Waals surface area contributed by atoms with Crippen LogP contribution in [0.5, 0.6) is 0 Å². The highest BCUT2D eigenvalue weighted by molar-refractivity contribution is 5.95. The fourth-order valence-corrected chi connectivity index (χ4v) is 3.42. The van der Waals surface area contributed by atoms with Gasteiger partial charge in [0.1, 0.15) is 11.4 Å². The van der Waals surface area contributed by atoms with Crippen molar-refractivity contribution in [2.45, 2.75) is 51.2 Å². The third-order valence-electron chi connectivity index (χ3n) is 5.02. The van der Waals surface area contributed by atoms with Gasteiger partial charge >= 0.3 is 0 Å². The molecule has 6 heteroatoms. The Morgan fingerprint density at radius 2 is 2.00 bits per heavy atom. The summed E-state index contributed by atoms with van der Waals surface area (Å²) in [5.41, 5.74) is 0.652. The maximum atomic E-state index is 13.0. The zero-order valence-electron chi connectivity index (χ0n) is 14.6. The van der Waals surface area contributed by atoms with E-state index in [9.17, 15) is 14.3 Å². The van der Waals surface area contributed by atoms with Crippen LogP contribution in [-0.2, 0) is 5.60 Å². The maximum Gasteiger partial charge on any atom is 0.254 e. The van der Waals surface area contributed by atoms with Crippen LogP contribution in [-0.4, -0.2) is 27.3 Å². The van der Waals surface area contributed by atoms with Gasteiger partial charge in [-0.25, -0.2) is 4.39 Å². The number of nitrogens with one attached hydrogen (secondary N) is 1. The van der Waals surface area contributed by atoms with Crippen LogP contribution >= 0.6 is 0 Å². The molecule has 1 atom stereocenters. The highest BCUT2D eigenvalue weighted by Gasteiger charge is 2.26. The predicted molar refractivity (Wildman–Crippen MR) is 92.8 cm³/mol. The normalized spacial score (nSPS) is 17.4. The van der Waals surface area contributed by atoms with Gasteiger partial charge in [0, 0.05) is 5.69 Å². The molecule has 2 N–H and O–H groups in total. The van der Waals surface area contributed by atoms with Crippen molar-refractivity contribution in [2.24, 2.45) is 0 Å². The van der Waals surface area contributed by atoms with E-state index in [1.54, 1.807) is 13.1 Å². The first-order valence-electron chi connectivity index (χ1n) is 8.69. The summed E-state index contributed by atoms with van der Waals surface area (Å²) in [7, 11) is 0. The van der Waals surface area contributed by atoms with Crippen LogP contribution in [0.1, 0.15) is 60.3 Å². The second-order valence-electron chi connectivity index (χ2n) is 6.99. The summed E-state index contributed by atoms with van der Waals surface area (Å²) in [4.78, 5) is 12.5. The molecule has 1 aliphatic carbocycles. The maximum absolute atomic E-state index is 13.0. The lowest BCUT2D eigenvalue weighted by atomic mass is 9.96. The second-order valence-corrected chi connectivity index (χ2v) is 6.99. The van der Waals surface area contributed by atoms with Gasteiger partial charge in [-0.15, -0.1) is 0 Å². The summed E-state index contributed by atoms with van der Waals surface area (Å²) >= 11 is 0. The molecule has 1 unspecified atom stereocenters. The van der Waals surface area contributed by atoms with Crippen LogP contribution in [0.15, 0.2) is 30.5 Å². The van der Waals surface area contributed by atoms with Crippen molar-refractivity contribution in [3.63, 3.8) is 0 Å². The van der Waals surface area contributed by atoms with Gasteiger partial charge < -0.3 is 10.4 Å². The molecule has 0 spiro atoms. The first-order valence-corrected chi connectivity index (χ1v) is 8.69. The summed E-state index contributed by atoms with van der Waals surface area (Å²) in [5, 5.41) is 17.7. The van der Waals surface area contributed by atoms with Crippen LogP contribution in [0.2, 0.25) is 0 Å². The fourth-order valence-electron chi connectivity index (χ4n) is 3.42. The number of hydrogen-bond acceptors (Lipinski definition) is 3. The van der Waals surface area contributed by atoms with Gasteiger partial charge in [-0.3, -0.25) is 9.48 Å². The van der Waals surface area contributed by atoms with Crippen molar-refractivity contribution in [3.05, 3.63) is 53.1 Å². The molecule has 1 aromatic heterocycles. The molecule has 5 nitrogen and oxygen atoms in total. The Kier molecular flexibility index (Phi) is 4.90. The monoisotopic (exact) mass is 345 g/mol. The lowest BCUT2D eigenvalue weighted by Crippen LogP contribution is -2.38. The number of hydrogen-bond donors (Lipinski definition) is 2. The third-order valence-corrected chi connectivity index (χ3v) is 5.02. The van der Waals surface area contributed by atoms with Crippen molar-refractivity contribution in [1.82, 2.24) is 15.1 Å². The molecule has 0 bridgehead atoms. The minimum absolute atomic E-state index is 0.0332. The van der Waals surface area contributed by atoms with Gasteiger partial charge in [0.25, 0.3) is 5.91 Å². The molecule has 1 aliphatic rings. The van der Waals surface area contributed by atoms with Crippen molar-refractivity contribution in [2.75, 3.05) is 6.54 Å². The highest BCUT2D eigenvalue weighted by Crippen LogP contribution is 2.30. The zero-order valence-corrected chi connectivity index (χ0v) is 14.6. The molecule has 2 aromatic rings. The van der Waals surface area contributed by atoms with E-state index in [1.165, 1.54) is 37.1 Å². The van der Waals surface area contributed by atoms with Crippen molar-refractivity contribution >= 4 is 5.91 Å². The van der Waals surface area contributed by atoms with E-state index in [0.717, 1.165) is 18.5 Å². The average molecular weight is 345 g/mol. The minimum atomic E-state index is -1.28. The molecule has 0 radical (unpaired) electrons. The molecule has 3 rings (SSSR count). The van der Waals surface area contributed by atoms with E-state index in [4.69, 9.17) is 0 Å². The van der Waals surface area contributed by atoms with Crippen LogP contribution in [0.4, 0.5) is 4.39 Å². The van der Waals surface area contributed by atoms with Crippen LogP contribution < -0.4 is 5.32 Å². The van der Waals surface area contributed by atoms with Crippen LogP contribution in [0.3, 0.4) is 0 Å². The first kappa shape index (κ1) is 17.6. The third kappa shape index (κ3) is 3.74. The number of aromatic nitrogens is 2. The van der Waals surface area contributed by atoms with E-state index in [-0.39, 0.29) is 18.3 Å². The van der Waals surface area contributed by atoms with Gasteiger partial charge in [-0.2, -0.15) is 5.10 Å². The van der Waals surface area contributed by atoms with Gasteiger partial charge in [-0.1, -0.05) is 25.0 Å². The Morgan fingerprint density at radius 3 is 2.64 bits per heavy atom. The lowest BCUT2D eigenvalue weighted by Gasteiger charge is -2.24. The van der Waals surface area contributed by atoms with Gasteiger partial charge in [0.05, 0.1) is 24.3 Å². The standard InChI is InChI=1S/C19H24FN3O2/c1-13-17(11-22-23(13)16-5-3-4-6-16)18(24)21-12-19(2,25)14-7-9-15(20)10-8-14/h7-11,16,25H,3-6,12H2,1-2H3,(H,21,24). The summed E-state index contributed by atoms with van der Waals surface area (Å²) < 4.78 is 15.0. The molecule has 0 saturated heterocycles. The summed E-state index contributed by atoms with van der Waals surface area (Å²) in [6.07, 6.45) is 6.19. The average Bonchev–Trinajstić information content (AvgIpc) is 3.22. The number of halogens is 1. The van der Waals surface area contributed by atoms with Crippen molar-refractivity contribution in [1.29, 1.82) is 0 Å². The SMILES string of the molecule is Cc1c(C(=O)NCC(C)(O)c2ccc(F)cc2)cnn1C1CCCC1. The van der Waals surface area contributed by atoms with Crippen molar-refractivity contribution < 1.29 is 14.3 Å². The molecular formula is C19H24FN3O2. The van der Waals surface area contributed by atoms with E-state index in [1.807, 2.05) is 11.6 Å². The second kappa shape index (κ2) is 6.96. The number of rotatable bonds is 5. The number of benzene rings is 1. The summed E-state index contributed by atoms with van der Waals surface area (Å²) in [6.45, 7) is 3.53. The Labute approximate surface area is 146 Å². The minimum Gasteiger partial charge on any atom is -0.384 e. The lowest BCUT2D eigenvalue weighted by molar-refractivity contribution is 0.0525. The highest BCUT2D eigenvalue weighted by atomic mass is 19.1. The quantitative estimate of drug-likeness (QED) is 0.875. The Balaban J connectivity index is 1.67. The Bertz CT molecular complexity index is 747. The number of carbonyl (C=O) groups is 1. The predicted octanol–water partition coefficient (Wildman–Crippen LogP) is 3.08. The van der Waals surface area contributed by atoms with E-state index < -0.39 is 5.60 Å². The van der Waals surface area contributed by atoms with Crippen LogP contribution in [0.25, 0.3) is 0 Å². The number of aliphatic hydroxyl groups is 1. The molecule has 1 heterocycles. The molecule has 1 aromatic carbocycles. The van der Waals surface area contributed by atoms with Gasteiger partial charge in [-0.05, 0) is 44.4 Å².